The van der Waals surface area contributed by atoms with Crippen molar-refractivity contribution in [3.05, 3.63) is 71.1 Å². The van der Waals surface area contributed by atoms with Crippen LogP contribution in [-0.2, 0) is 42.0 Å². The Morgan fingerprint density at radius 3 is 2.90 bits per heavy atom. The molecule has 2 amide bonds. The summed E-state index contributed by atoms with van der Waals surface area (Å²) in [4.78, 5) is 31.3. The zero-order chi connectivity index (χ0) is 21.6. The summed E-state index contributed by atoms with van der Waals surface area (Å²) in [5.74, 6) is -0.164. The van der Waals surface area contributed by atoms with Crippen molar-refractivity contribution in [2.45, 2.75) is 32.5 Å². The number of carbonyl (C=O) groups excluding carboxylic acids is 2. The molecular formula is C22H26N6O3. The Morgan fingerprint density at radius 1 is 1.26 bits per heavy atom. The minimum Gasteiger partial charge on any atom is -0.383 e. The average Bonchev–Trinajstić information content (AvgIpc) is 3.43. The minimum absolute atomic E-state index is 0.0711. The smallest absolute Gasteiger partial charge is 0.272 e. The zero-order valence-corrected chi connectivity index (χ0v) is 17.5. The molecule has 0 saturated carbocycles. The first-order valence-corrected chi connectivity index (χ1v) is 10.3. The van der Waals surface area contributed by atoms with Crippen molar-refractivity contribution in [1.29, 1.82) is 0 Å². The molecule has 0 bridgehead atoms. The zero-order valence-electron chi connectivity index (χ0n) is 17.5. The van der Waals surface area contributed by atoms with Crippen molar-refractivity contribution in [3.63, 3.8) is 0 Å². The number of nitrogens with one attached hydrogen (secondary N) is 2. The number of aromatic nitrogens is 4. The quantitative estimate of drug-likeness (QED) is 0.570. The maximum atomic E-state index is 12.7. The number of benzene rings is 1. The fourth-order valence-electron chi connectivity index (χ4n) is 3.74. The second-order valence-electron chi connectivity index (χ2n) is 7.51. The van der Waals surface area contributed by atoms with Gasteiger partial charge in [-0.2, -0.15) is 5.10 Å². The molecule has 31 heavy (non-hydrogen) atoms. The van der Waals surface area contributed by atoms with Gasteiger partial charge in [-0.1, -0.05) is 30.3 Å². The van der Waals surface area contributed by atoms with E-state index in [1.807, 2.05) is 39.8 Å². The van der Waals surface area contributed by atoms with Crippen LogP contribution < -0.4 is 5.32 Å². The molecule has 3 heterocycles. The van der Waals surface area contributed by atoms with Crippen LogP contribution in [0.1, 0.15) is 33.0 Å². The molecule has 2 N–H and O–H groups in total. The molecule has 9 heteroatoms. The van der Waals surface area contributed by atoms with Crippen molar-refractivity contribution in [2.24, 2.45) is 0 Å². The molecular weight excluding hydrogens is 396 g/mol. The van der Waals surface area contributed by atoms with Crippen LogP contribution in [0.25, 0.3) is 0 Å². The summed E-state index contributed by atoms with van der Waals surface area (Å²) >= 11 is 0. The molecule has 0 radical (unpaired) electrons. The summed E-state index contributed by atoms with van der Waals surface area (Å²) in [5, 5.41) is 10.1. The Balaban J connectivity index is 1.36. The second kappa shape index (κ2) is 9.57. The van der Waals surface area contributed by atoms with E-state index in [0.717, 1.165) is 22.5 Å². The third kappa shape index (κ3) is 4.83. The van der Waals surface area contributed by atoms with Gasteiger partial charge >= 0.3 is 0 Å². The highest BCUT2D eigenvalue weighted by molar-refractivity contribution is 5.94. The van der Waals surface area contributed by atoms with E-state index in [0.29, 0.717) is 51.3 Å². The van der Waals surface area contributed by atoms with Gasteiger partial charge in [0.2, 0.25) is 5.91 Å². The van der Waals surface area contributed by atoms with Gasteiger partial charge in [-0.05, 0) is 12.0 Å². The Labute approximate surface area is 180 Å². The summed E-state index contributed by atoms with van der Waals surface area (Å²) in [6, 6.07) is 9.70. The van der Waals surface area contributed by atoms with Crippen molar-refractivity contribution < 1.29 is 14.3 Å². The highest BCUT2D eigenvalue weighted by Gasteiger charge is 2.27. The molecule has 0 saturated heterocycles. The maximum absolute atomic E-state index is 12.7. The predicted molar refractivity (Wildman–Crippen MR) is 113 cm³/mol. The Bertz CT molecular complexity index is 1040. The molecule has 162 valence electrons. The lowest BCUT2D eigenvalue weighted by molar-refractivity contribution is -0.131. The number of imidazole rings is 1. The first kappa shape index (κ1) is 20.8. The van der Waals surface area contributed by atoms with Gasteiger partial charge in [-0.15, -0.1) is 0 Å². The molecule has 0 fully saturated rings. The number of hydrogen-bond donors (Lipinski definition) is 2. The van der Waals surface area contributed by atoms with Crippen LogP contribution in [0.15, 0.2) is 42.9 Å². The van der Waals surface area contributed by atoms with Gasteiger partial charge in [-0.3, -0.25) is 14.7 Å². The highest BCUT2D eigenvalue weighted by Crippen LogP contribution is 2.21. The number of aromatic amines is 1. The second-order valence-corrected chi connectivity index (χ2v) is 7.51. The fraction of sp³-hybridized carbons (Fsp3) is 0.364. The van der Waals surface area contributed by atoms with Crippen molar-refractivity contribution in [3.8, 4) is 0 Å². The first-order valence-electron chi connectivity index (χ1n) is 10.3. The lowest BCUT2D eigenvalue weighted by Crippen LogP contribution is -2.37. The number of amides is 2. The van der Waals surface area contributed by atoms with Gasteiger partial charge in [-0.25, -0.2) is 4.98 Å². The van der Waals surface area contributed by atoms with E-state index < -0.39 is 0 Å². The number of rotatable bonds is 8. The van der Waals surface area contributed by atoms with E-state index in [1.165, 1.54) is 0 Å². The molecule has 1 aliphatic rings. The van der Waals surface area contributed by atoms with Crippen LogP contribution in [0.3, 0.4) is 0 Å². The third-order valence-electron chi connectivity index (χ3n) is 5.46. The first-order chi connectivity index (χ1) is 15.2. The van der Waals surface area contributed by atoms with E-state index in [1.54, 1.807) is 19.6 Å². The maximum Gasteiger partial charge on any atom is 0.272 e. The van der Waals surface area contributed by atoms with E-state index in [4.69, 9.17) is 4.74 Å². The standard InChI is InChI=1S/C22H26N6O3/c1-31-10-9-28-15-23-12-17(28)13-24-22(30)21-18-7-8-27(14-19(18)25-26-21)20(29)11-16-5-3-2-4-6-16/h2-6,12,15H,7-11,13-14H2,1H3,(H,24,30)(H,25,26). The number of hydrogen-bond acceptors (Lipinski definition) is 5. The molecule has 0 unspecified atom stereocenters. The van der Waals surface area contributed by atoms with Crippen LogP contribution in [0.4, 0.5) is 0 Å². The number of nitrogens with zero attached hydrogens (tertiary/aromatic N) is 4. The molecule has 1 aliphatic heterocycles. The van der Waals surface area contributed by atoms with Crippen LogP contribution in [-0.4, -0.2) is 56.7 Å². The van der Waals surface area contributed by atoms with Crippen LogP contribution in [0.5, 0.6) is 0 Å². The minimum atomic E-state index is -0.235. The third-order valence-corrected chi connectivity index (χ3v) is 5.46. The van der Waals surface area contributed by atoms with Gasteiger partial charge in [0.15, 0.2) is 5.69 Å². The molecule has 1 aromatic carbocycles. The van der Waals surface area contributed by atoms with Crippen LogP contribution in [0, 0.1) is 0 Å². The Kier molecular flexibility index (Phi) is 6.42. The number of H-pyrrole nitrogens is 1. The average molecular weight is 422 g/mol. The fourth-order valence-corrected chi connectivity index (χ4v) is 3.74. The van der Waals surface area contributed by atoms with Crippen molar-refractivity contribution in [1.82, 2.24) is 30.0 Å². The van der Waals surface area contributed by atoms with E-state index in [9.17, 15) is 9.59 Å². The molecule has 9 nitrogen and oxygen atoms in total. The molecule has 0 atom stereocenters. The van der Waals surface area contributed by atoms with Crippen molar-refractivity contribution in [2.75, 3.05) is 20.3 Å². The van der Waals surface area contributed by atoms with E-state index >= 15 is 0 Å². The van der Waals surface area contributed by atoms with Crippen LogP contribution in [0.2, 0.25) is 0 Å². The van der Waals surface area contributed by atoms with Gasteiger partial charge in [0.25, 0.3) is 5.91 Å². The molecule has 2 aromatic heterocycles. The van der Waals surface area contributed by atoms with Gasteiger partial charge in [0, 0.05) is 32.0 Å². The van der Waals surface area contributed by atoms with Crippen LogP contribution >= 0.6 is 0 Å². The highest BCUT2D eigenvalue weighted by atomic mass is 16.5. The predicted octanol–water partition coefficient (Wildman–Crippen LogP) is 1.31. The largest absolute Gasteiger partial charge is 0.383 e. The molecule has 0 aliphatic carbocycles. The van der Waals surface area contributed by atoms with Gasteiger partial charge in [0.1, 0.15) is 0 Å². The van der Waals surface area contributed by atoms with Gasteiger partial charge in [0.05, 0.1) is 43.8 Å². The van der Waals surface area contributed by atoms with E-state index in [2.05, 4.69) is 20.5 Å². The summed E-state index contributed by atoms with van der Waals surface area (Å²) in [6.07, 6.45) is 4.42. The lowest BCUT2D eigenvalue weighted by atomic mass is 10.0. The Hall–Kier alpha value is -3.46. The van der Waals surface area contributed by atoms with E-state index in [-0.39, 0.29) is 11.8 Å². The van der Waals surface area contributed by atoms with Gasteiger partial charge < -0.3 is 19.5 Å². The number of carbonyl (C=O) groups is 2. The lowest BCUT2D eigenvalue weighted by Gasteiger charge is -2.27. The monoisotopic (exact) mass is 422 g/mol. The number of ether oxygens (including phenoxy) is 1. The topological polar surface area (TPSA) is 105 Å². The normalized spacial score (nSPS) is 13.1. The molecule has 0 spiro atoms. The molecule has 3 aromatic rings. The van der Waals surface area contributed by atoms with Crippen molar-refractivity contribution >= 4 is 11.8 Å². The number of fused-ring (bicyclic) bond motifs is 1. The SMILES string of the molecule is COCCn1cncc1CNC(=O)c1n[nH]c2c1CCN(C(=O)Cc1ccccc1)C2. The summed E-state index contributed by atoms with van der Waals surface area (Å²) in [7, 11) is 1.65. The summed E-state index contributed by atoms with van der Waals surface area (Å²) in [5.41, 5.74) is 3.99. The summed E-state index contributed by atoms with van der Waals surface area (Å²) in [6.45, 7) is 2.61. The Morgan fingerprint density at radius 2 is 2.10 bits per heavy atom. The molecule has 4 rings (SSSR count). The number of methoxy groups -OCH3 is 1. The summed E-state index contributed by atoms with van der Waals surface area (Å²) < 4.78 is 7.04.